The van der Waals surface area contributed by atoms with Gasteiger partial charge in [0.25, 0.3) is 10.0 Å². The first-order valence-corrected chi connectivity index (χ1v) is 9.01. The van der Waals surface area contributed by atoms with Crippen molar-refractivity contribution in [2.45, 2.75) is 25.7 Å². The molecular weight excluding hydrogens is 324 g/mol. The lowest BCUT2D eigenvalue weighted by atomic mass is 10.2. The second-order valence-corrected chi connectivity index (χ2v) is 6.74. The number of aryl methyl sites for hydroxylation is 1. The molecule has 0 radical (unpaired) electrons. The molecule has 0 aliphatic heterocycles. The van der Waals surface area contributed by atoms with Gasteiger partial charge in [0, 0.05) is 12.5 Å². The highest BCUT2D eigenvalue weighted by Gasteiger charge is 2.15. The molecular formula is C18H20N2O3S. The highest BCUT2D eigenvalue weighted by molar-refractivity contribution is 7.90. The normalized spacial score (nSPS) is 13.0. The van der Waals surface area contributed by atoms with Gasteiger partial charge in [0.1, 0.15) is 0 Å². The summed E-state index contributed by atoms with van der Waals surface area (Å²) in [5.41, 5.74) is 1.58. The van der Waals surface area contributed by atoms with E-state index in [4.69, 9.17) is 4.74 Å². The first-order valence-electron chi connectivity index (χ1n) is 7.57. The van der Waals surface area contributed by atoms with Crippen LogP contribution in [0.5, 0.6) is 0 Å². The number of benzene rings is 2. The van der Waals surface area contributed by atoms with Crippen LogP contribution in [0.4, 0.5) is 0 Å². The molecule has 0 amide bonds. The molecule has 2 aromatic carbocycles. The van der Waals surface area contributed by atoms with Gasteiger partial charge >= 0.3 is 0 Å². The molecule has 0 heterocycles. The lowest BCUT2D eigenvalue weighted by molar-refractivity contribution is 0.325. The van der Waals surface area contributed by atoms with Crippen molar-refractivity contribution in [2.75, 3.05) is 6.61 Å². The van der Waals surface area contributed by atoms with E-state index in [1.165, 1.54) is 12.1 Å². The number of ether oxygens (including phenoxy) is 1. The third kappa shape index (κ3) is 4.76. The van der Waals surface area contributed by atoms with E-state index in [1.807, 2.05) is 19.9 Å². The Hall–Kier alpha value is -2.47. The van der Waals surface area contributed by atoms with Crippen LogP contribution in [0, 0.1) is 6.92 Å². The number of hydrogen-bond acceptors (Lipinski definition) is 3. The maximum atomic E-state index is 12.6. The third-order valence-corrected chi connectivity index (χ3v) is 4.46. The van der Waals surface area contributed by atoms with Crippen molar-refractivity contribution in [2.24, 2.45) is 9.39 Å². The Morgan fingerprint density at radius 3 is 2.25 bits per heavy atom. The largest absolute Gasteiger partial charge is 0.481 e. The van der Waals surface area contributed by atoms with E-state index in [1.54, 1.807) is 43.3 Å². The molecule has 0 aromatic heterocycles. The number of rotatable bonds is 4. The van der Waals surface area contributed by atoms with E-state index >= 15 is 0 Å². The first-order chi connectivity index (χ1) is 11.4. The Balaban J connectivity index is 2.51. The molecule has 5 nitrogen and oxygen atoms in total. The summed E-state index contributed by atoms with van der Waals surface area (Å²) in [5, 5.41) is 0. The van der Waals surface area contributed by atoms with Crippen molar-refractivity contribution >= 4 is 21.8 Å². The zero-order valence-electron chi connectivity index (χ0n) is 13.9. The molecule has 0 bridgehead atoms. The van der Waals surface area contributed by atoms with Crippen molar-refractivity contribution in [3.8, 4) is 0 Å². The molecule has 0 saturated carbocycles. The third-order valence-electron chi connectivity index (χ3n) is 3.17. The van der Waals surface area contributed by atoms with E-state index in [2.05, 4.69) is 9.39 Å². The van der Waals surface area contributed by atoms with Crippen molar-refractivity contribution in [3.63, 3.8) is 0 Å². The molecule has 0 spiro atoms. The van der Waals surface area contributed by atoms with Gasteiger partial charge in [-0.15, -0.1) is 4.40 Å². The minimum absolute atomic E-state index is 0.0992. The Bertz CT molecular complexity index is 840. The SMILES string of the molecule is CCOC(C)=NC(=NS(=O)(=O)c1ccc(C)cc1)c1ccccc1. The van der Waals surface area contributed by atoms with Crippen molar-refractivity contribution in [1.82, 2.24) is 0 Å². The van der Waals surface area contributed by atoms with E-state index in [9.17, 15) is 8.42 Å². The summed E-state index contributed by atoms with van der Waals surface area (Å²) in [7, 11) is -3.86. The number of sulfonamides is 1. The summed E-state index contributed by atoms with van der Waals surface area (Å²) in [6.07, 6.45) is 0. The highest BCUT2D eigenvalue weighted by atomic mass is 32.2. The molecule has 24 heavy (non-hydrogen) atoms. The van der Waals surface area contributed by atoms with Gasteiger partial charge in [-0.3, -0.25) is 0 Å². The van der Waals surface area contributed by atoms with Gasteiger partial charge in [-0.2, -0.15) is 13.4 Å². The van der Waals surface area contributed by atoms with Crippen LogP contribution in [0.3, 0.4) is 0 Å². The zero-order chi connectivity index (χ0) is 17.6. The van der Waals surface area contributed by atoms with Crippen LogP contribution >= 0.6 is 0 Å². The Kier molecular flexibility index (Phi) is 5.87. The molecule has 2 aromatic rings. The summed E-state index contributed by atoms with van der Waals surface area (Å²) >= 11 is 0. The van der Waals surface area contributed by atoms with Gasteiger partial charge in [-0.1, -0.05) is 48.0 Å². The molecule has 2 rings (SSSR count). The van der Waals surface area contributed by atoms with Gasteiger partial charge in [-0.25, -0.2) is 0 Å². The maximum Gasteiger partial charge on any atom is 0.284 e. The van der Waals surface area contributed by atoms with Crippen LogP contribution in [0.2, 0.25) is 0 Å². The van der Waals surface area contributed by atoms with Gasteiger partial charge in [0.15, 0.2) is 11.7 Å². The van der Waals surface area contributed by atoms with Gasteiger partial charge in [-0.05, 0) is 26.0 Å². The predicted molar refractivity (Wildman–Crippen MR) is 96.1 cm³/mol. The summed E-state index contributed by atoms with van der Waals surface area (Å²) in [5.74, 6) is 0.460. The Morgan fingerprint density at radius 1 is 1.04 bits per heavy atom. The van der Waals surface area contributed by atoms with E-state index in [0.717, 1.165) is 5.56 Å². The minimum Gasteiger partial charge on any atom is -0.481 e. The number of nitrogens with zero attached hydrogens (tertiary/aromatic N) is 2. The molecule has 0 N–H and O–H groups in total. The second kappa shape index (κ2) is 7.88. The molecule has 0 aliphatic rings. The van der Waals surface area contributed by atoms with E-state index < -0.39 is 10.0 Å². The van der Waals surface area contributed by atoms with Crippen LogP contribution in [0.15, 0.2) is 68.9 Å². The molecule has 0 atom stereocenters. The fourth-order valence-corrected chi connectivity index (χ4v) is 2.95. The molecule has 6 heteroatoms. The molecule has 0 saturated heterocycles. The van der Waals surface area contributed by atoms with Crippen LogP contribution in [-0.2, 0) is 14.8 Å². The predicted octanol–water partition coefficient (Wildman–Crippen LogP) is 3.59. The first kappa shape index (κ1) is 17.9. The van der Waals surface area contributed by atoms with E-state index in [0.29, 0.717) is 18.1 Å². The van der Waals surface area contributed by atoms with Crippen molar-refractivity contribution in [1.29, 1.82) is 0 Å². The molecule has 0 aliphatic carbocycles. The van der Waals surface area contributed by atoms with Gasteiger partial charge in [0.2, 0.25) is 0 Å². The fraction of sp³-hybridized carbons (Fsp3) is 0.222. The summed E-state index contributed by atoms with van der Waals surface area (Å²) < 4.78 is 34.4. The summed E-state index contributed by atoms with van der Waals surface area (Å²) in [6, 6.07) is 15.5. The van der Waals surface area contributed by atoms with Crippen LogP contribution in [0.1, 0.15) is 25.0 Å². The van der Waals surface area contributed by atoms with Gasteiger partial charge < -0.3 is 4.74 Å². The average Bonchev–Trinajstić information content (AvgIpc) is 2.55. The van der Waals surface area contributed by atoms with Crippen LogP contribution in [0.25, 0.3) is 0 Å². The molecule has 0 fully saturated rings. The minimum atomic E-state index is -3.86. The zero-order valence-corrected chi connectivity index (χ0v) is 14.7. The van der Waals surface area contributed by atoms with Crippen LogP contribution in [-0.4, -0.2) is 26.8 Å². The summed E-state index contributed by atoms with van der Waals surface area (Å²) in [6.45, 7) is 5.84. The van der Waals surface area contributed by atoms with Gasteiger partial charge in [0.05, 0.1) is 11.5 Å². The quantitative estimate of drug-likeness (QED) is 0.629. The van der Waals surface area contributed by atoms with Crippen LogP contribution < -0.4 is 0 Å². The van der Waals surface area contributed by atoms with Crippen molar-refractivity contribution in [3.05, 3.63) is 65.7 Å². The standard InChI is InChI=1S/C18H20N2O3S/c1-4-23-15(3)19-18(16-8-6-5-7-9-16)20-24(21,22)17-12-10-14(2)11-13-17/h5-13H,4H2,1-3H3. The second-order valence-electron chi connectivity index (χ2n) is 5.13. The summed E-state index contributed by atoms with van der Waals surface area (Å²) in [4.78, 5) is 4.36. The van der Waals surface area contributed by atoms with Crippen molar-refractivity contribution < 1.29 is 13.2 Å². The smallest absolute Gasteiger partial charge is 0.284 e. The Morgan fingerprint density at radius 2 is 1.67 bits per heavy atom. The number of amidine groups is 1. The molecule has 0 unspecified atom stereocenters. The average molecular weight is 344 g/mol. The van der Waals surface area contributed by atoms with E-state index in [-0.39, 0.29) is 10.7 Å². The maximum absolute atomic E-state index is 12.6. The number of aliphatic imine (C=N–C) groups is 1. The lowest BCUT2D eigenvalue weighted by Gasteiger charge is -2.06. The Labute approximate surface area is 142 Å². The monoisotopic (exact) mass is 344 g/mol. The lowest BCUT2D eigenvalue weighted by Crippen LogP contribution is -2.09. The highest BCUT2D eigenvalue weighted by Crippen LogP contribution is 2.15. The fourth-order valence-electron chi connectivity index (χ4n) is 1.99. The number of hydrogen-bond donors (Lipinski definition) is 0. The topological polar surface area (TPSA) is 68.1 Å². The molecule has 126 valence electrons.